The Morgan fingerprint density at radius 2 is 1.92 bits per heavy atom. The number of hydrogen-bond acceptors (Lipinski definition) is 6. The van der Waals surface area contributed by atoms with Crippen molar-refractivity contribution in [3.8, 4) is 0 Å². The molecule has 0 unspecified atom stereocenters. The van der Waals surface area contributed by atoms with Crippen molar-refractivity contribution in [3.05, 3.63) is 57.8 Å². The fourth-order valence-corrected chi connectivity index (χ4v) is 3.85. The van der Waals surface area contributed by atoms with E-state index < -0.39 is 4.92 Å². The average molecular weight is 371 g/mol. The molecule has 9 heteroatoms. The van der Waals surface area contributed by atoms with Crippen LogP contribution in [0.2, 0.25) is 0 Å². The molecule has 1 aliphatic heterocycles. The van der Waals surface area contributed by atoms with Gasteiger partial charge in [0.1, 0.15) is 0 Å². The van der Waals surface area contributed by atoms with E-state index in [2.05, 4.69) is 9.88 Å². The summed E-state index contributed by atoms with van der Waals surface area (Å²) in [6.45, 7) is 2.69. The number of nitro groups is 1. The molecule has 0 aliphatic carbocycles. The fourth-order valence-electron chi connectivity index (χ4n) is 3.13. The summed E-state index contributed by atoms with van der Waals surface area (Å²) in [5.41, 5.74) is 1.82. The van der Waals surface area contributed by atoms with Gasteiger partial charge in [-0.15, -0.1) is 11.3 Å². The van der Waals surface area contributed by atoms with E-state index in [0.29, 0.717) is 32.6 Å². The zero-order valence-corrected chi connectivity index (χ0v) is 14.8. The van der Waals surface area contributed by atoms with Crippen LogP contribution in [-0.4, -0.2) is 51.3 Å². The molecule has 3 heterocycles. The van der Waals surface area contributed by atoms with Gasteiger partial charge in [0.15, 0.2) is 4.96 Å². The molecule has 1 saturated heterocycles. The number of hydrogen-bond donors (Lipinski definition) is 0. The molecule has 1 aromatic carbocycles. The smallest absolute Gasteiger partial charge is 0.269 e. The first kappa shape index (κ1) is 16.5. The summed E-state index contributed by atoms with van der Waals surface area (Å²) in [6, 6.07) is 6.54. The molecule has 26 heavy (non-hydrogen) atoms. The van der Waals surface area contributed by atoms with Crippen molar-refractivity contribution in [2.45, 2.75) is 6.42 Å². The van der Waals surface area contributed by atoms with Gasteiger partial charge in [0.25, 0.3) is 5.69 Å². The van der Waals surface area contributed by atoms with Gasteiger partial charge in [-0.05, 0) is 12.1 Å². The molecule has 1 aliphatic rings. The maximum atomic E-state index is 12.5. The summed E-state index contributed by atoms with van der Waals surface area (Å²) in [7, 11) is 0. The molecule has 1 fully saturated rings. The minimum atomic E-state index is -0.402. The normalized spacial score (nSPS) is 14.8. The molecule has 134 valence electrons. The molecule has 0 bridgehead atoms. The van der Waals surface area contributed by atoms with Crippen LogP contribution in [0, 0.1) is 10.1 Å². The second-order valence-electron chi connectivity index (χ2n) is 6.14. The van der Waals surface area contributed by atoms with Gasteiger partial charge in [-0.25, -0.2) is 4.98 Å². The lowest BCUT2D eigenvalue weighted by molar-refractivity contribution is -0.384. The van der Waals surface area contributed by atoms with Crippen LogP contribution in [-0.2, 0) is 11.2 Å². The first-order valence-electron chi connectivity index (χ1n) is 8.28. The molecular weight excluding hydrogens is 354 g/mol. The zero-order chi connectivity index (χ0) is 18.1. The van der Waals surface area contributed by atoms with Gasteiger partial charge < -0.3 is 9.80 Å². The van der Waals surface area contributed by atoms with Crippen molar-refractivity contribution in [1.82, 2.24) is 14.3 Å². The Labute approximate surface area is 153 Å². The van der Waals surface area contributed by atoms with E-state index in [4.69, 9.17) is 0 Å². The molecule has 0 N–H and O–H groups in total. The summed E-state index contributed by atoms with van der Waals surface area (Å²) < 4.78 is 1.93. The first-order chi connectivity index (χ1) is 12.6. The standard InChI is InChI=1S/C17H17N5O3S/c23-16(11-13-12-21-9-10-26-17(21)18-13)20-7-5-19(6-8-20)14-1-3-15(4-2-14)22(24)25/h1-4,9-10,12H,5-8,11H2. The summed E-state index contributed by atoms with van der Waals surface area (Å²) in [4.78, 5) is 32.2. The monoisotopic (exact) mass is 371 g/mol. The third kappa shape index (κ3) is 3.25. The second-order valence-corrected chi connectivity index (χ2v) is 7.02. The van der Waals surface area contributed by atoms with Crippen LogP contribution in [0.25, 0.3) is 4.96 Å². The SMILES string of the molecule is O=C(Cc1cn2ccsc2n1)N1CCN(c2ccc([N+](=O)[O-])cc2)CC1. The minimum Gasteiger partial charge on any atom is -0.368 e. The molecule has 3 aromatic rings. The van der Waals surface area contributed by atoms with Crippen LogP contribution < -0.4 is 4.90 Å². The lowest BCUT2D eigenvalue weighted by Gasteiger charge is -2.36. The van der Waals surface area contributed by atoms with Crippen LogP contribution in [0.15, 0.2) is 42.0 Å². The van der Waals surface area contributed by atoms with E-state index in [1.165, 1.54) is 12.1 Å². The van der Waals surface area contributed by atoms with Gasteiger partial charge >= 0.3 is 0 Å². The molecule has 2 aromatic heterocycles. The van der Waals surface area contributed by atoms with Crippen LogP contribution in [0.3, 0.4) is 0 Å². The number of nitrogens with zero attached hydrogens (tertiary/aromatic N) is 5. The Hall–Kier alpha value is -2.94. The summed E-state index contributed by atoms with van der Waals surface area (Å²) in [5, 5.41) is 12.7. The summed E-state index contributed by atoms with van der Waals surface area (Å²) in [5.74, 6) is 0.0825. The Morgan fingerprint density at radius 1 is 1.19 bits per heavy atom. The first-order valence-corrected chi connectivity index (χ1v) is 9.16. The highest BCUT2D eigenvalue weighted by Crippen LogP contribution is 2.21. The molecule has 0 spiro atoms. The van der Waals surface area contributed by atoms with Crippen LogP contribution in [0.4, 0.5) is 11.4 Å². The van der Waals surface area contributed by atoms with Crippen molar-refractivity contribution < 1.29 is 9.72 Å². The molecule has 0 saturated carbocycles. The Morgan fingerprint density at radius 3 is 2.58 bits per heavy atom. The lowest BCUT2D eigenvalue weighted by atomic mass is 10.2. The van der Waals surface area contributed by atoms with Crippen LogP contribution >= 0.6 is 11.3 Å². The number of imidazole rings is 1. The van der Waals surface area contributed by atoms with E-state index in [9.17, 15) is 14.9 Å². The van der Waals surface area contributed by atoms with E-state index in [1.54, 1.807) is 23.5 Å². The summed E-state index contributed by atoms with van der Waals surface area (Å²) >= 11 is 1.55. The molecular formula is C17H17N5O3S. The van der Waals surface area contributed by atoms with Gasteiger partial charge in [0.05, 0.1) is 17.0 Å². The van der Waals surface area contributed by atoms with Crippen molar-refractivity contribution in [1.29, 1.82) is 0 Å². The quantitative estimate of drug-likeness (QED) is 0.518. The van der Waals surface area contributed by atoms with Gasteiger partial charge in [-0.1, -0.05) is 0 Å². The Kier molecular flexibility index (Phi) is 4.29. The molecule has 0 atom stereocenters. The van der Waals surface area contributed by atoms with Gasteiger partial charge in [0.2, 0.25) is 5.91 Å². The molecule has 0 radical (unpaired) electrons. The average Bonchev–Trinajstić information content (AvgIpc) is 3.23. The van der Waals surface area contributed by atoms with Crippen LogP contribution in [0.1, 0.15) is 5.69 Å². The number of non-ortho nitro benzene ring substituents is 1. The maximum absolute atomic E-state index is 12.5. The van der Waals surface area contributed by atoms with Crippen molar-refractivity contribution >= 4 is 33.6 Å². The van der Waals surface area contributed by atoms with Crippen LogP contribution in [0.5, 0.6) is 0 Å². The number of piperazine rings is 1. The fraction of sp³-hybridized carbons (Fsp3) is 0.294. The predicted octanol–water partition coefficient (Wildman–Crippen LogP) is 2.20. The number of carbonyl (C=O) groups is 1. The maximum Gasteiger partial charge on any atom is 0.269 e. The van der Waals surface area contributed by atoms with Gasteiger partial charge in [-0.2, -0.15) is 0 Å². The van der Waals surface area contributed by atoms with Crippen molar-refractivity contribution in [2.75, 3.05) is 31.1 Å². The van der Waals surface area contributed by atoms with E-state index in [-0.39, 0.29) is 11.6 Å². The third-order valence-corrected chi connectivity index (χ3v) is 5.30. The van der Waals surface area contributed by atoms with Gasteiger partial charge in [0, 0.05) is 61.8 Å². The highest BCUT2D eigenvalue weighted by Gasteiger charge is 2.22. The number of benzene rings is 1. The van der Waals surface area contributed by atoms with Crippen molar-refractivity contribution in [2.24, 2.45) is 0 Å². The van der Waals surface area contributed by atoms with Gasteiger partial charge in [-0.3, -0.25) is 19.3 Å². The van der Waals surface area contributed by atoms with E-state index >= 15 is 0 Å². The number of amides is 1. The topological polar surface area (TPSA) is 84.0 Å². The Balaban J connectivity index is 1.34. The number of fused-ring (bicyclic) bond motifs is 1. The molecule has 8 nitrogen and oxygen atoms in total. The second kappa shape index (κ2) is 6.75. The molecule has 1 amide bonds. The number of rotatable bonds is 4. The Bertz CT molecular complexity index is 912. The number of nitro benzene ring substituents is 1. The highest BCUT2D eigenvalue weighted by atomic mass is 32.1. The van der Waals surface area contributed by atoms with E-state index in [0.717, 1.165) is 16.3 Å². The lowest BCUT2D eigenvalue weighted by Crippen LogP contribution is -2.49. The third-order valence-electron chi connectivity index (χ3n) is 4.53. The number of aromatic nitrogens is 2. The molecule has 4 rings (SSSR count). The summed E-state index contributed by atoms with van der Waals surface area (Å²) in [6.07, 6.45) is 4.15. The number of carbonyl (C=O) groups excluding carboxylic acids is 1. The zero-order valence-electron chi connectivity index (χ0n) is 13.9. The number of anilines is 1. The van der Waals surface area contributed by atoms with E-state index in [1.807, 2.05) is 27.1 Å². The predicted molar refractivity (Wildman–Crippen MR) is 98.7 cm³/mol. The van der Waals surface area contributed by atoms with Crippen molar-refractivity contribution in [3.63, 3.8) is 0 Å². The largest absolute Gasteiger partial charge is 0.368 e. The minimum absolute atomic E-state index is 0.0825. The number of thiazole rings is 1. The highest BCUT2D eigenvalue weighted by molar-refractivity contribution is 7.15.